The fourth-order valence-corrected chi connectivity index (χ4v) is 2.05. The predicted octanol–water partition coefficient (Wildman–Crippen LogP) is 3.05. The standard InChI is InChI=1S/C14H20N2/c1-3-7-14(12-15)13(4-2)8-11-16-9-5-6-10-16/h3-4,7H,1,5-6,8-11H2,2H3/b13-4-,14-7-. The van der Waals surface area contributed by atoms with Gasteiger partial charge in [-0.3, -0.25) is 0 Å². The fraction of sp³-hybridized carbons (Fsp3) is 0.500. The third-order valence-corrected chi connectivity index (χ3v) is 3.00. The van der Waals surface area contributed by atoms with Crippen molar-refractivity contribution < 1.29 is 0 Å². The summed E-state index contributed by atoms with van der Waals surface area (Å²) in [5.74, 6) is 0. The van der Waals surface area contributed by atoms with E-state index >= 15 is 0 Å². The molecule has 0 radical (unpaired) electrons. The summed E-state index contributed by atoms with van der Waals surface area (Å²) in [7, 11) is 0. The zero-order chi connectivity index (χ0) is 11.8. The highest BCUT2D eigenvalue weighted by atomic mass is 15.1. The van der Waals surface area contributed by atoms with E-state index in [1.807, 2.05) is 13.0 Å². The van der Waals surface area contributed by atoms with E-state index in [9.17, 15) is 0 Å². The minimum Gasteiger partial charge on any atom is -0.303 e. The van der Waals surface area contributed by atoms with E-state index in [-0.39, 0.29) is 0 Å². The molecule has 1 aliphatic rings. The van der Waals surface area contributed by atoms with Crippen LogP contribution >= 0.6 is 0 Å². The molecule has 0 aliphatic carbocycles. The molecule has 86 valence electrons. The molecule has 1 rings (SSSR count). The van der Waals surface area contributed by atoms with Gasteiger partial charge in [0.05, 0.1) is 11.6 Å². The summed E-state index contributed by atoms with van der Waals surface area (Å²) >= 11 is 0. The van der Waals surface area contributed by atoms with Crippen LogP contribution in [-0.2, 0) is 0 Å². The monoisotopic (exact) mass is 216 g/mol. The van der Waals surface area contributed by atoms with Gasteiger partial charge in [-0.1, -0.05) is 18.7 Å². The lowest BCUT2D eigenvalue weighted by atomic mass is 10.0. The summed E-state index contributed by atoms with van der Waals surface area (Å²) in [6.07, 6.45) is 9.10. The molecule has 1 aliphatic heterocycles. The lowest BCUT2D eigenvalue weighted by Gasteiger charge is -2.15. The topological polar surface area (TPSA) is 27.0 Å². The number of nitrogens with zero attached hydrogens (tertiary/aromatic N) is 2. The number of hydrogen-bond donors (Lipinski definition) is 0. The van der Waals surface area contributed by atoms with Crippen LogP contribution in [0.5, 0.6) is 0 Å². The Hall–Kier alpha value is -1.33. The molecule has 2 nitrogen and oxygen atoms in total. The van der Waals surface area contributed by atoms with Crippen LogP contribution in [0.25, 0.3) is 0 Å². The molecule has 0 aromatic rings. The van der Waals surface area contributed by atoms with Crippen LogP contribution in [0.15, 0.2) is 36.0 Å². The number of hydrogen-bond acceptors (Lipinski definition) is 2. The molecule has 2 heteroatoms. The van der Waals surface area contributed by atoms with Crippen LogP contribution in [0.3, 0.4) is 0 Å². The van der Waals surface area contributed by atoms with Crippen molar-refractivity contribution in [3.8, 4) is 6.07 Å². The van der Waals surface area contributed by atoms with E-state index in [1.165, 1.54) is 25.9 Å². The highest BCUT2D eigenvalue weighted by Gasteiger charge is 2.12. The Balaban J connectivity index is 2.52. The van der Waals surface area contributed by atoms with Crippen molar-refractivity contribution in [1.82, 2.24) is 4.90 Å². The van der Waals surface area contributed by atoms with Gasteiger partial charge in [0.25, 0.3) is 0 Å². The summed E-state index contributed by atoms with van der Waals surface area (Å²) < 4.78 is 0. The second-order valence-corrected chi connectivity index (χ2v) is 4.04. The molecular weight excluding hydrogens is 196 g/mol. The second-order valence-electron chi connectivity index (χ2n) is 4.04. The number of likely N-dealkylation sites (tertiary alicyclic amines) is 1. The molecule has 16 heavy (non-hydrogen) atoms. The summed E-state index contributed by atoms with van der Waals surface area (Å²) in [6, 6.07) is 2.23. The largest absolute Gasteiger partial charge is 0.303 e. The first-order valence-electron chi connectivity index (χ1n) is 5.92. The van der Waals surface area contributed by atoms with E-state index < -0.39 is 0 Å². The Morgan fingerprint density at radius 3 is 2.62 bits per heavy atom. The van der Waals surface area contributed by atoms with Crippen LogP contribution in [0, 0.1) is 11.3 Å². The van der Waals surface area contributed by atoms with Crippen molar-refractivity contribution >= 4 is 0 Å². The maximum Gasteiger partial charge on any atom is 0.0994 e. The number of rotatable bonds is 5. The molecule has 0 atom stereocenters. The third-order valence-electron chi connectivity index (χ3n) is 3.00. The highest BCUT2D eigenvalue weighted by Crippen LogP contribution is 2.16. The average Bonchev–Trinajstić information content (AvgIpc) is 2.81. The third kappa shape index (κ3) is 3.67. The van der Waals surface area contributed by atoms with Crippen molar-refractivity contribution in [2.45, 2.75) is 26.2 Å². The molecule has 1 saturated heterocycles. The Labute approximate surface area is 98.6 Å². The number of allylic oxidation sites excluding steroid dienone is 4. The lowest BCUT2D eigenvalue weighted by molar-refractivity contribution is 0.344. The van der Waals surface area contributed by atoms with Gasteiger partial charge in [0, 0.05) is 6.54 Å². The van der Waals surface area contributed by atoms with E-state index in [2.05, 4.69) is 17.5 Å². The van der Waals surface area contributed by atoms with Crippen LogP contribution in [0.2, 0.25) is 0 Å². The minimum atomic E-state index is 0.747. The molecule has 0 aromatic heterocycles. The maximum atomic E-state index is 9.03. The second kappa shape index (κ2) is 7.03. The zero-order valence-electron chi connectivity index (χ0n) is 10.1. The molecule has 0 aromatic carbocycles. The molecule has 1 heterocycles. The lowest BCUT2D eigenvalue weighted by Crippen LogP contribution is -2.20. The van der Waals surface area contributed by atoms with Gasteiger partial charge >= 0.3 is 0 Å². The minimum absolute atomic E-state index is 0.747. The molecule has 0 spiro atoms. The quantitative estimate of drug-likeness (QED) is 0.521. The van der Waals surface area contributed by atoms with Crippen molar-refractivity contribution in [1.29, 1.82) is 5.26 Å². The van der Waals surface area contributed by atoms with Crippen molar-refractivity contribution in [3.05, 3.63) is 36.0 Å². The van der Waals surface area contributed by atoms with Crippen molar-refractivity contribution in [2.24, 2.45) is 0 Å². The van der Waals surface area contributed by atoms with Gasteiger partial charge < -0.3 is 4.90 Å². The van der Waals surface area contributed by atoms with Crippen LogP contribution in [0.1, 0.15) is 26.2 Å². The van der Waals surface area contributed by atoms with Crippen LogP contribution < -0.4 is 0 Å². The smallest absolute Gasteiger partial charge is 0.0994 e. The summed E-state index contributed by atoms with van der Waals surface area (Å²) in [4.78, 5) is 2.46. The highest BCUT2D eigenvalue weighted by molar-refractivity contribution is 5.43. The zero-order valence-corrected chi connectivity index (χ0v) is 10.1. The average molecular weight is 216 g/mol. The van der Waals surface area contributed by atoms with E-state index in [4.69, 9.17) is 5.26 Å². The molecule has 1 fully saturated rings. The van der Waals surface area contributed by atoms with Crippen LogP contribution in [0.4, 0.5) is 0 Å². The van der Waals surface area contributed by atoms with Gasteiger partial charge in [-0.05, 0) is 50.9 Å². The molecular formula is C14H20N2. The maximum absolute atomic E-state index is 9.03. The normalized spacial score (nSPS) is 18.5. The summed E-state index contributed by atoms with van der Waals surface area (Å²) in [6.45, 7) is 9.12. The Morgan fingerprint density at radius 1 is 1.44 bits per heavy atom. The van der Waals surface area contributed by atoms with Gasteiger partial charge in [-0.15, -0.1) is 0 Å². The Bertz CT molecular complexity index is 325. The van der Waals surface area contributed by atoms with Crippen LogP contribution in [-0.4, -0.2) is 24.5 Å². The van der Waals surface area contributed by atoms with Gasteiger partial charge in [0.1, 0.15) is 0 Å². The molecule has 0 N–H and O–H groups in total. The van der Waals surface area contributed by atoms with E-state index in [1.54, 1.807) is 12.2 Å². The first-order chi connectivity index (χ1) is 7.81. The summed E-state index contributed by atoms with van der Waals surface area (Å²) in [5, 5.41) is 9.03. The molecule has 0 saturated carbocycles. The first kappa shape index (κ1) is 12.7. The van der Waals surface area contributed by atoms with E-state index in [0.717, 1.165) is 24.1 Å². The van der Waals surface area contributed by atoms with E-state index in [0.29, 0.717) is 0 Å². The van der Waals surface area contributed by atoms with Gasteiger partial charge in [0.15, 0.2) is 0 Å². The van der Waals surface area contributed by atoms with Crippen molar-refractivity contribution in [3.63, 3.8) is 0 Å². The summed E-state index contributed by atoms with van der Waals surface area (Å²) in [5.41, 5.74) is 1.88. The number of nitriles is 1. The van der Waals surface area contributed by atoms with Crippen molar-refractivity contribution in [2.75, 3.05) is 19.6 Å². The van der Waals surface area contributed by atoms with Gasteiger partial charge in [-0.25, -0.2) is 0 Å². The Morgan fingerprint density at radius 2 is 2.12 bits per heavy atom. The Kier molecular flexibility index (Phi) is 5.60. The molecule has 0 bridgehead atoms. The first-order valence-corrected chi connectivity index (χ1v) is 5.92. The van der Waals surface area contributed by atoms with Gasteiger partial charge in [0.2, 0.25) is 0 Å². The molecule has 0 amide bonds. The molecule has 0 unspecified atom stereocenters. The SMILES string of the molecule is C=C/C=C(C#N)\C(=C/C)CCN1CCCC1. The predicted molar refractivity (Wildman–Crippen MR) is 67.9 cm³/mol. The van der Waals surface area contributed by atoms with Gasteiger partial charge in [-0.2, -0.15) is 5.26 Å². The fourth-order valence-electron chi connectivity index (χ4n) is 2.05.